The third-order valence-corrected chi connectivity index (χ3v) is 6.39. The molecule has 0 aromatic heterocycles. The molecule has 22 heavy (non-hydrogen) atoms. The number of rotatable bonds is 4. The first kappa shape index (κ1) is 19.8. The van der Waals surface area contributed by atoms with Gasteiger partial charge in [0.2, 0.25) is 10.0 Å². The molecule has 4 nitrogen and oxygen atoms in total. The monoisotopic (exact) mass is 414 g/mol. The average Bonchev–Trinajstić information content (AvgIpc) is 2.36. The van der Waals surface area contributed by atoms with Crippen LogP contribution in [0.25, 0.3) is 0 Å². The van der Waals surface area contributed by atoms with Crippen molar-refractivity contribution < 1.29 is 12.8 Å². The first-order chi connectivity index (χ1) is 9.72. The smallest absolute Gasteiger partial charge is 0.241 e. The van der Waals surface area contributed by atoms with Crippen LogP contribution in [-0.2, 0) is 10.0 Å². The zero-order valence-electron chi connectivity index (χ0n) is 12.5. The molecule has 126 valence electrons. The minimum atomic E-state index is -3.66. The van der Waals surface area contributed by atoms with E-state index in [0.29, 0.717) is 6.54 Å². The molecule has 0 amide bonds. The molecule has 0 aliphatic carbocycles. The summed E-state index contributed by atoms with van der Waals surface area (Å²) in [6, 6.07) is 3.64. The number of piperidine rings is 1. The Balaban J connectivity index is 0.00000242. The number of nitrogens with one attached hydrogen (secondary N) is 2. The lowest BCUT2D eigenvalue weighted by atomic mass is 9.78. The van der Waals surface area contributed by atoms with E-state index < -0.39 is 15.8 Å². The van der Waals surface area contributed by atoms with E-state index in [-0.39, 0.29) is 33.2 Å². The molecule has 1 fully saturated rings. The van der Waals surface area contributed by atoms with Crippen molar-refractivity contribution in [2.75, 3.05) is 13.1 Å². The highest BCUT2D eigenvalue weighted by Gasteiger charge is 2.33. The number of hydrogen-bond donors (Lipinski definition) is 2. The zero-order valence-corrected chi connectivity index (χ0v) is 15.7. The molecule has 2 rings (SSSR count). The molecule has 1 heterocycles. The van der Waals surface area contributed by atoms with E-state index >= 15 is 0 Å². The van der Waals surface area contributed by atoms with Gasteiger partial charge in [-0.2, -0.15) is 0 Å². The molecule has 0 saturated carbocycles. The minimum absolute atomic E-state index is 0. The normalized spacial score (nSPS) is 21.2. The third kappa shape index (κ3) is 4.64. The van der Waals surface area contributed by atoms with Crippen LogP contribution in [0.5, 0.6) is 0 Å². The van der Waals surface area contributed by atoms with Crippen LogP contribution in [0.15, 0.2) is 27.6 Å². The molecule has 1 aliphatic heterocycles. The summed E-state index contributed by atoms with van der Waals surface area (Å²) in [5.74, 6) is -0.476. The Labute approximate surface area is 145 Å². The largest absolute Gasteiger partial charge is 0.312 e. The molecule has 1 saturated heterocycles. The van der Waals surface area contributed by atoms with Crippen molar-refractivity contribution in [1.29, 1.82) is 0 Å². The van der Waals surface area contributed by atoms with Crippen molar-refractivity contribution >= 4 is 38.4 Å². The summed E-state index contributed by atoms with van der Waals surface area (Å²) in [5, 5.41) is 3.36. The van der Waals surface area contributed by atoms with Crippen LogP contribution in [0.3, 0.4) is 0 Å². The molecule has 1 unspecified atom stereocenters. The first-order valence-corrected chi connectivity index (χ1v) is 9.18. The van der Waals surface area contributed by atoms with Gasteiger partial charge in [0.1, 0.15) is 5.82 Å². The van der Waals surface area contributed by atoms with Gasteiger partial charge >= 0.3 is 0 Å². The van der Waals surface area contributed by atoms with Gasteiger partial charge in [-0.15, -0.1) is 12.4 Å². The van der Waals surface area contributed by atoms with Crippen LogP contribution in [0.2, 0.25) is 0 Å². The summed E-state index contributed by atoms with van der Waals surface area (Å²) >= 11 is 3.10. The van der Waals surface area contributed by atoms with Crippen molar-refractivity contribution in [2.24, 2.45) is 5.41 Å². The van der Waals surface area contributed by atoms with E-state index in [1.54, 1.807) is 0 Å². The highest BCUT2D eigenvalue weighted by molar-refractivity contribution is 9.10. The van der Waals surface area contributed by atoms with E-state index in [4.69, 9.17) is 0 Å². The molecule has 1 aliphatic rings. The summed E-state index contributed by atoms with van der Waals surface area (Å²) in [4.78, 5) is 0.0533. The Morgan fingerprint density at radius 2 is 2.14 bits per heavy atom. The van der Waals surface area contributed by atoms with E-state index in [1.165, 1.54) is 6.07 Å². The fourth-order valence-electron chi connectivity index (χ4n) is 2.58. The second-order valence-corrected chi connectivity index (χ2v) is 8.62. The van der Waals surface area contributed by atoms with E-state index in [2.05, 4.69) is 39.8 Å². The Hall–Kier alpha value is -0.210. The Morgan fingerprint density at radius 1 is 1.45 bits per heavy atom. The topological polar surface area (TPSA) is 58.2 Å². The Bertz CT molecular complexity index is 625. The van der Waals surface area contributed by atoms with Crippen LogP contribution in [0.4, 0.5) is 4.39 Å². The summed E-state index contributed by atoms with van der Waals surface area (Å²) in [5.41, 5.74) is 0.0425. The van der Waals surface area contributed by atoms with Crippen molar-refractivity contribution in [1.82, 2.24) is 10.0 Å². The summed E-state index contributed by atoms with van der Waals surface area (Å²) in [7, 11) is -3.66. The number of hydrogen-bond acceptors (Lipinski definition) is 3. The summed E-state index contributed by atoms with van der Waals surface area (Å²) < 4.78 is 40.6. The van der Waals surface area contributed by atoms with Crippen molar-refractivity contribution in [3.8, 4) is 0 Å². The van der Waals surface area contributed by atoms with E-state index in [9.17, 15) is 12.8 Å². The molecule has 1 aromatic carbocycles. The molecular formula is C14H21BrClFN2O2S. The van der Waals surface area contributed by atoms with Gasteiger partial charge in [-0.25, -0.2) is 17.5 Å². The second kappa shape index (κ2) is 7.57. The molecular weight excluding hydrogens is 395 g/mol. The van der Waals surface area contributed by atoms with Crippen LogP contribution in [0.1, 0.15) is 26.7 Å². The lowest BCUT2D eigenvalue weighted by Crippen LogP contribution is -2.52. The Morgan fingerprint density at radius 3 is 2.73 bits per heavy atom. The maximum absolute atomic E-state index is 13.1. The van der Waals surface area contributed by atoms with Crippen LogP contribution >= 0.6 is 28.3 Å². The zero-order chi connectivity index (χ0) is 15.7. The van der Waals surface area contributed by atoms with Gasteiger partial charge in [0, 0.05) is 17.1 Å². The fraction of sp³-hybridized carbons (Fsp3) is 0.571. The molecule has 1 aromatic rings. The SMILES string of the molecule is CC1(C)CCCNC1CNS(=O)(=O)c1ccc(F)cc1Br.Cl. The molecule has 1 atom stereocenters. The number of halogens is 3. The van der Waals surface area contributed by atoms with Crippen LogP contribution in [-0.4, -0.2) is 27.5 Å². The lowest BCUT2D eigenvalue weighted by molar-refractivity contribution is 0.181. The van der Waals surface area contributed by atoms with E-state index in [1.807, 2.05) is 0 Å². The van der Waals surface area contributed by atoms with Gasteiger partial charge in [0.15, 0.2) is 0 Å². The van der Waals surface area contributed by atoms with Crippen molar-refractivity contribution in [3.63, 3.8) is 0 Å². The molecule has 8 heteroatoms. The maximum atomic E-state index is 13.1. The second-order valence-electron chi connectivity index (χ2n) is 6.03. The molecule has 0 spiro atoms. The predicted molar refractivity (Wildman–Crippen MR) is 91.3 cm³/mol. The van der Waals surface area contributed by atoms with Gasteiger partial charge < -0.3 is 5.32 Å². The number of benzene rings is 1. The lowest BCUT2D eigenvalue weighted by Gasteiger charge is -2.39. The summed E-state index contributed by atoms with van der Waals surface area (Å²) in [6.45, 7) is 5.48. The van der Waals surface area contributed by atoms with Gasteiger partial charge in [0.05, 0.1) is 4.90 Å². The Kier molecular flexibility index (Phi) is 6.83. The standard InChI is InChI=1S/C14H20BrFN2O2S.ClH/c1-14(2)6-3-7-17-13(14)9-18-21(19,20)12-5-4-10(16)8-11(12)15;/h4-5,8,13,17-18H,3,6-7,9H2,1-2H3;1H. The first-order valence-electron chi connectivity index (χ1n) is 6.90. The fourth-order valence-corrected chi connectivity index (χ4v) is 4.68. The highest BCUT2D eigenvalue weighted by Crippen LogP contribution is 2.30. The summed E-state index contributed by atoms with van der Waals surface area (Å²) in [6.07, 6.45) is 2.16. The average molecular weight is 416 g/mol. The van der Waals surface area contributed by atoms with Crippen LogP contribution < -0.4 is 10.0 Å². The number of sulfonamides is 1. The molecule has 2 N–H and O–H groups in total. The maximum Gasteiger partial charge on any atom is 0.241 e. The van der Waals surface area contributed by atoms with Gasteiger partial charge in [-0.1, -0.05) is 13.8 Å². The van der Waals surface area contributed by atoms with Crippen molar-refractivity contribution in [2.45, 2.75) is 37.6 Å². The highest BCUT2D eigenvalue weighted by atomic mass is 79.9. The van der Waals surface area contributed by atoms with Gasteiger partial charge in [0.25, 0.3) is 0 Å². The van der Waals surface area contributed by atoms with Gasteiger partial charge in [-0.3, -0.25) is 0 Å². The minimum Gasteiger partial charge on any atom is -0.312 e. The van der Waals surface area contributed by atoms with E-state index in [0.717, 1.165) is 31.5 Å². The van der Waals surface area contributed by atoms with Crippen molar-refractivity contribution in [3.05, 3.63) is 28.5 Å². The van der Waals surface area contributed by atoms with Crippen LogP contribution in [0, 0.1) is 11.2 Å². The molecule has 0 radical (unpaired) electrons. The predicted octanol–water partition coefficient (Wildman–Crippen LogP) is 3.07. The molecule has 0 bridgehead atoms. The quantitative estimate of drug-likeness (QED) is 0.794. The van der Waals surface area contributed by atoms with Gasteiger partial charge in [-0.05, 0) is 58.9 Å². The third-order valence-electron chi connectivity index (χ3n) is 3.99.